The van der Waals surface area contributed by atoms with E-state index >= 15 is 0 Å². The summed E-state index contributed by atoms with van der Waals surface area (Å²) in [7, 11) is 0. The van der Waals surface area contributed by atoms with Crippen LogP contribution in [0.3, 0.4) is 0 Å². The number of esters is 1. The Kier molecular flexibility index (Phi) is 4.21. The van der Waals surface area contributed by atoms with Crippen molar-refractivity contribution in [1.29, 1.82) is 0 Å². The van der Waals surface area contributed by atoms with Crippen LogP contribution in [0, 0.1) is 20.8 Å². The van der Waals surface area contributed by atoms with E-state index in [-0.39, 0.29) is 18.2 Å². The molecule has 0 atom stereocenters. The maximum absolute atomic E-state index is 12.3. The highest BCUT2D eigenvalue weighted by molar-refractivity contribution is 6.00. The van der Waals surface area contributed by atoms with Crippen molar-refractivity contribution in [3.8, 4) is 0 Å². The Morgan fingerprint density at radius 1 is 0.958 bits per heavy atom. The van der Waals surface area contributed by atoms with Crippen LogP contribution >= 0.6 is 0 Å². The van der Waals surface area contributed by atoms with Gasteiger partial charge < -0.3 is 9.15 Å². The van der Waals surface area contributed by atoms with Crippen molar-refractivity contribution in [3.05, 3.63) is 70.5 Å². The number of fused-ring (bicyclic) bond motifs is 1. The van der Waals surface area contributed by atoms with E-state index in [1.807, 2.05) is 51.1 Å². The van der Waals surface area contributed by atoms with E-state index in [0.717, 1.165) is 22.1 Å². The first kappa shape index (κ1) is 16.0. The molecule has 3 rings (SSSR count). The van der Waals surface area contributed by atoms with Gasteiger partial charge in [-0.1, -0.05) is 24.3 Å². The second-order valence-corrected chi connectivity index (χ2v) is 5.90. The Labute approximate surface area is 140 Å². The first-order valence-electron chi connectivity index (χ1n) is 7.72. The molecule has 0 amide bonds. The number of rotatable bonds is 4. The van der Waals surface area contributed by atoms with E-state index < -0.39 is 5.97 Å². The number of Topliss-reactive ketones (excluding diaryl/α,β-unsaturated/α-hetero) is 1. The second-order valence-electron chi connectivity index (χ2n) is 5.90. The molecule has 24 heavy (non-hydrogen) atoms. The molecule has 0 saturated carbocycles. The van der Waals surface area contributed by atoms with E-state index in [9.17, 15) is 9.59 Å². The minimum Gasteiger partial charge on any atom is -0.451 e. The average molecular weight is 322 g/mol. The van der Waals surface area contributed by atoms with Gasteiger partial charge in [0.05, 0.1) is 0 Å². The first-order valence-corrected chi connectivity index (χ1v) is 7.72. The number of hydrogen-bond acceptors (Lipinski definition) is 4. The molecule has 0 radical (unpaired) electrons. The summed E-state index contributed by atoms with van der Waals surface area (Å²) in [5.41, 5.74) is 4.23. The molecular formula is C20H18O4. The number of furan rings is 1. The van der Waals surface area contributed by atoms with Crippen LogP contribution in [-0.4, -0.2) is 18.4 Å². The van der Waals surface area contributed by atoms with Gasteiger partial charge >= 0.3 is 5.97 Å². The van der Waals surface area contributed by atoms with Crippen LogP contribution in [0.15, 0.2) is 46.9 Å². The summed E-state index contributed by atoms with van der Waals surface area (Å²) in [6.45, 7) is 5.52. The standard InChI is InChI=1S/C20H18O4/c1-12-8-14(3)16(9-13(12)2)17(21)11-23-20(22)19-10-15-6-4-5-7-18(15)24-19/h4-10H,11H2,1-3H3. The third-order valence-corrected chi connectivity index (χ3v) is 4.10. The third kappa shape index (κ3) is 3.08. The molecule has 122 valence electrons. The van der Waals surface area contributed by atoms with Gasteiger partial charge in [-0.3, -0.25) is 4.79 Å². The summed E-state index contributed by atoms with van der Waals surface area (Å²) in [6.07, 6.45) is 0. The Morgan fingerprint density at radius 3 is 2.42 bits per heavy atom. The van der Waals surface area contributed by atoms with Crippen LogP contribution in [0.4, 0.5) is 0 Å². The molecule has 1 heterocycles. The van der Waals surface area contributed by atoms with Crippen LogP contribution in [0.2, 0.25) is 0 Å². The van der Waals surface area contributed by atoms with Gasteiger partial charge in [0.15, 0.2) is 6.61 Å². The fourth-order valence-corrected chi connectivity index (χ4v) is 2.62. The van der Waals surface area contributed by atoms with Crippen molar-refractivity contribution in [2.45, 2.75) is 20.8 Å². The number of aryl methyl sites for hydroxylation is 3. The third-order valence-electron chi connectivity index (χ3n) is 4.10. The summed E-state index contributed by atoms with van der Waals surface area (Å²) in [6, 6.07) is 12.7. The normalized spacial score (nSPS) is 10.8. The van der Waals surface area contributed by atoms with Crippen molar-refractivity contribution in [3.63, 3.8) is 0 Å². The maximum atomic E-state index is 12.3. The van der Waals surface area contributed by atoms with E-state index in [2.05, 4.69) is 0 Å². The Hall–Kier alpha value is -2.88. The Morgan fingerprint density at radius 2 is 1.67 bits per heavy atom. The van der Waals surface area contributed by atoms with Crippen LogP contribution in [0.25, 0.3) is 11.0 Å². The highest BCUT2D eigenvalue weighted by Gasteiger charge is 2.17. The number of ether oxygens (including phenoxy) is 1. The number of para-hydroxylation sites is 1. The van der Waals surface area contributed by atoms with Crippen molar-refractivity contribution in [2.24, 2.45) is 0 Å². The molecular weight excluding hydrogens is 304 g/mol. The van der Waals surface area contributed by atoms with Crippen LogP contribution < -0.4 is 0 Å². The van der Waals surface area contributed by atoms with Gasteiger partial charge in [0.25, 0.3) is 0 Å². The molecule has 4 nitrogen and oxygen atoms in total. The van der Waals surface area contributed by atoms with Gasteiger partial charge in [-0.15, -0.1) is 0 Å². The van der Waals surface area contributed by atoms with Gasteiger partial charge in [0, 0.05) is 10.9 Å². The Bertz CT molecular complexity index is 901. The number of ketones is 1. The summed E-state index contributed by atoms with van der Waals surface area (Å²) in [5, 5.41) is 0.820. The Balaban J connectivity index is 1.72. The largest absolute Gasteiger partial charge is 0.451 e. The summed E-state index contributed by atoms with van der Waals surface area (Å²) in [4.78, 5) is 24.4. The highest BCUT2D eigenvalue weighted by Crippen LogP contribution is 2.20. The number of carbonyl (C=O) groups excluding carboxylic acids is 2. The van der Waals surface area contributed by atoms with Gasteiger partial charge in [-0.25, -0.2) is 4.79 Å². The molecule has 1 aromatic heterocycles. The summed E-state index contributed by atoms with van der Waals surface area (Å²) >= 11 is 0. The van der Waals surface area contributed by atoms with Crippen molar-refractivity contribution in [2.75, 3.05) is 6.61 Å². The molecule has 0 aliphatic rings. The fourth-order valence-electron chi connectivity index (χ4n) is 2.62. The number of benzene rings is 2. The zero-order chi connectivity index (χ0) is 17.3. The monoisotopic (exact) mass is 322 g/mol. The summed E-state index contributed by atoms with van der Waals surface area (Å²) in [5.74, 6) is -0.762. The molecule has 3 aromatic rings. The van der Waals surface area contributed by atoms with Crippen molar-refractivity contribution < 1.29 is 18.7 Å². The van der Waals surface area contributed by atoms with Crippen LogP contribution in [-0.2, 0) is 4.74 Å². The molecule has 2 aromatic carbocycles. The first-order chi connectivity index (χ1) is 11.5. The van der Waals surface area contributed by atoms with E-state index in [1.165, 1.54) is 0 Å². The molecule has 0 saturated heterocycles. The van der Waals surface area contributed by atoms with Gasteiger partial charge in [0.2, 0.25) is 11.5 Å². The SMILES string of the molecule is Cc1cc(C)c(C(=O)COC(=O)c2cc3ccccc3o2)cc1C. The smallest absolute Gasteiger partial charge is 0.374 e. The molecule has 0 spiro atoms. The van der Waals surface area contributed by atoms with Crippen molar-refractivity contribution in [1.82, 2.24) is 0 Å². The van der Waals surface area contributed by atoms with Crippen LogP contribution in [0.5, 0.6) is 0 Å². The number of hydrogen-bond donors (Lipinski definition) is 0. The quantitative estimate of drug-likeness (QED) is 0.528. The maximum Gasteiger partial charge on any atom is 0.374 e. The minimum absolute atomic E-state index is 0.0980. The topological polar surface area (TPSA) is 56.5 Å². The lowest BCUT2D eigenvalue weighted by Gasteiger charge is -2.09. The lowest BCUT2D eigenvalue weighted by Crippen LogP contribution is -2.15. The molecule has 0 bridgehead atoms. The van der Waals surface area contributed by atoms with Gasteiger partial charge in [-0.2, -0.15) is 0 Å². The lowest BCUT2D eigenvalue weighted by atomic mass is 9.98. The fraction of sp³-hybridized carbons (Fsp3) is 0.200. The highest BCUT2D eigenvalue weighted by atomic mass is 16.5. The number of carbonyl (C=O) groups is 2. The average Bonchev–Trinajstić information content (AvgIpc) is 2.99. The van der Waals surface area contributed by atoms with E-state index in [4.69, 9.17) is 9.15 Å². The molecule has 0 aliphatic carbocycles. The predicted molar refractivity (Wildman–Crippen MR) is 91.5 cm³/mol. The molecule has 0 N–H and O–H groups in total. The van der Waals surface area contributed by atoms with Gasteiger partial charge in [0.1, 0.15) is 5.58 Å². The predicted octanol–water partition coefficient (Wildman–Crippen LogP) is 4.40. The molecule has 4 heteroatoms. The minimum atomic E-state index is -0.638. The molecule has 0 fully saturated rings. The van der Waals surface area contributed by atoms with E-state index in [1.54, 1.807) is 12.1 Å². The van der Waals surface area contributed by atoms with Crippen LogP contribution in [0.1, 0.15) is 37.6 Å². The van der Waals surface area contributed by atoms with Gasteiger partial charge in [-0.05, 0) is 55.7 Å². The molecule has 0 aliphatic heterocycles. The van der Waals surface area contributed by atoms with Crippen molar-refractivity contribution >= 4 is 22.7 Å². The zero-order valence-electron chi connectivity index (χ0n) is 13.9. The summed E-state index contributed by atoms with van der Waals surface area (Å²) < 4.78 is 10.6. The second kappa shape index (κ2) is 6.32. The molecule has 0 unspecified atom stereocenters. The zero-order valence-corrected chi connectivity index (χ0v) is 13.9. The van der Waals surface area contributed by atoms with E-state index in [0.29, 0.717) is 11.1 Å². The lowest BCUT2D eigenvalue weighted by molar-refractivity contribution is 0.0446.